The molecule has 1 amide bonds. The standard InChI is InChI=1S/C14H14F2N2OS/c1-8-5-6-20-11(8)7-18(2)14(19)12-9(15)3-4-10(17)13(12)16/h3-6H,7,17H2,1-2H3. The van der Waals surface area contributed by atoms with Crippen LogP contribution >= 0.6 is 11.3 Å². The fourth-order valence-electron chi connectivity index (χ4n) is 1.81. The highest BCUT2D eigenvalue weighted by atomic mass is 32.1. The van der Waals surface area contributed by atoms with Gasteiger partial charge < -0.3 is 10.6 Å². The summed E-state index contributed by atoms with van der Waals surface area (Å²) in [7, 11) is 1.50. The van der Waals surface area contributed by atoms with Crippen LogP contribution < -0.4 is 5.73 Å². The quantitative estimate of drug-likeness (QED) is 0.884. The lowest BCUT2D eigenvalue weighted by atomic mass is 10.1. The Morgan fingerprint density at radius 2 is 2.05 bits per heavy atom. The second-order valence-electron chi connectivity index (χ2n) is 4.51. The van der Waals surface area contributed by atoms with Gasteiger partial charge in [0.2, 0.25) is 0 Å². The number of thiophene rings is 1. The Bertz CT molecular complexity index is 655. The molecule has 0 aliphatic rings. The van der Waals surface area contributed by atoms with Crippen molar-refractivity contribution in [1.82, 2.24) is 4.90 Å². The molecule has 1 aromatic heterocycles. The van der Waals surface area contributed by atoms with E-state index in [9.17, 15) is 13.6 Å². The summed E-state index contributed by atoms with van der Waals surface area (Å²) in [6, 6.07) is 4.03. The molecule has 0 atom stereocenters. The van der Waals surface area contributed by atoms with Gasteiger partial charge in [0.25, 0.3) is 5.91 Å². The molecule has 0 aliphatic carbocycles. The largest absolute Gasteiger partial charge is 0.396 e. The molecule has 2 aromatic rings. The normalized spacial score (nSPS) is 10.6. The Morgan fingerprint density at radius 3 is 2.65 bits per heavy atom. The molecular weight excluding hydrogens is 282 g/mol. The SMILES string of the molecule is Cc1ccsc1CN(C)C(=O)c1c(F)ccc(N)c1F. The number of carbonyl (C=O) groups excluding carboxylic acids is 1. The van der Waals surface area contributed by atoms with E-state index in [4.69, 9.17) is 5.73 Å². The summed E-state index contributed by atoms with van der Waals surface area (Å²) < 4.78 is 27.5. The highest BCUT2D eigenvalue weighted by Gasteiger charge is 2.23. The first kappa shape index (κ1) is 14.5. The summed E-state index contributed by atoms with van der Waals surface area (Å²) in [5.41, 5.74) is 5.57. The van der Waals surface area contributed by atoms with Crippen LogP contribution in [0.25, 0.3) is 0 Å². The third-order valence-electron chi connectivity index (χ3n) is 3.03. The van der Waals surface area contributed by atoms with Gasteiger partial charge in [-0.05, 0) is 36.1 Å². The number of carbonyl (C=O) groups is 1. The van der Waals surface area contributed by atoms with Gasteiger partial charge in [0.15, 0.2) is 5.82 Å². The number of nitrogens with zero attached hydrogens (tertiary/aromatic N) is 1. The summed E-state index contributed by atoms with van der Waals surface area (Å²) in [5, 5.41) is 1.91. The topological polar surface area (TPSA) is 46.3 Å². The summed E-state index contributed by atoms with van der Waals surface area (Å²) >= 11 is 1.50. The summed E-state index contributed by atoms with van der Waals surface area (Å²) in [4.78, 5) is 14.4. The van der Waals surface area contributed by atoms with E-state index in [0.717, 1.165) is 22.6 Å². The lowest BCUT2D eigenvalue weighted by Gasteiger charge is -2.18. The van der Waals surface area contributed by atoms with E-state index in [1.165, 1.54) is 23.3 Å². The van der Waals surface area contributed by atoms with Gasteiger partial charge >= 0.3 is 0 Å². The molecule has 0 aliphatic heterocycles. The summed E-state index contributed by atoms with van der Waals surface area (Å²) in [5.74, 6) is -2.64. The van der Waals surface area contributed by atoms with Gasteiger partial charge in [-0.15, -0.1) is 11.3 Å². The van der Waals surface area contributed by atoms with Crippen LogP contribution in [0.3, 0.4) is 0 Å². The van der Waals surface area contributed by atoms with Crippen LogP contribution in [0.4, 0.5) is 14.5 Å². The number of nitrogen functional groups attached to an aromatic ring is 1. The molecule has 106 valence electrons. The van der Waals surface area contributed by atoms with Crippen molar-refractivity contribution >= 4 is 22.9 Å². The lowest BCUT2D eigenvalue weighted by molar-refractivity contribution is 0.0776. The van der Waals surface area contributed by atoms with Crippen molar-refractivity contribution in [3.63, 3.8) is 0 Å². The van der Waals surface area contributed by atoms with Crippen molar-refractivity contribution in [3.8, 4) is 0 Å². The van der Waals surface area contributed by atoms with Crippen LogP contribution in [0.5, 0.6) is 0 Å². The van der Waals surface area contributed by atoms with E-state index in [2.05, 4.69) is 0 Å². The number of halogens is 2. The fraction of sp³-hybridized carbons (Fsp3) is 0.214. The van der Waals surface area contributed by atoms with Gasteiger partial charge in [0, 0.05) is 11.9 Å². The molecule has 0 radical (unpaired) electrons. The smallest absolute Gasteiger partial charge is 0.259 e. The van der Waals surface area contributed by atoms with Crippen LogP contribution in [0.2, 0.25) is 0 Å². The first-order valence-electron chi connectivity index (χ1n) is 5.93. The Hall–Kier alpha value is -1.95. The molecule has 0 unspecified atom stereocenters. The molecule has 6 heteroatoms. The molecule has 0 fully saturated rings. The van der Waals surface area contributed by atoms with Gasteiger partial charge in [-0.2, -0.15) is 0 Å². The number of amides is 1. The monoisotopic (exact) mass is 296 g/mol. The highest BCUT2D eigenvalue weighted by molar-refractivity contribution is 7.10. The first-order chi connectivity index (χ1) is 9.41. The van der Waals surface area contributed by atoms with Crippen molar-refractivity contribution < 1.29 is 13.6 Å². The Kier molecular flexibility index (Phi) is 4.04. The Morgan fingerprint density at radius 1 is 1.35 bits per heavy atom. The molecule has 1 aromatic carbocycles. The molecule has 0 bridgehead atoms. The van der Waals surface area contributed by atoms with Gasteiger partial charge in [0.1, 0.15) is 11.4 Å². The number of benzene rings is 1. The number of hydrogen-bond acceptors (Lipinski definition) is 3. The minimum atomic E-state index is -1.01. The summed E-state index contributed by atoms with van der Waals surface area (Å²) in [6.07, 6.45) is 0. The zero-order valence-electron chi connectivity index (χ0n) is 11.1. The van der Waals surface area contributed by atoms with Gasteiger partial charge in [-0.1, -0.05) is 0 Å². The minimum absolute atomic E-state index is 0.240. The molecule has 2 rings (SSSR count). The zero-order chi connectivity index (χ0) is 14.9. The molecule has 0 saturated heterocycles. The number of nitrogens with two attached hydrogens (primary N) is 1. The van der Waals surface area contributed by atoms with Crippen molar-refractivity contribution in [2.45, 2.75) is 13.5 Å². The van der Waals surface area contributed by atoms with Gasteiger partial charge in [0.05, 0.1) is 12.2 Å². The molecule has 0 spiro atoms. The predicted octanol–water partition coefficient (Wildman–Crippen LogP) is 3.19. The number of aryl methyl sites for hydroxylation is 1. The molecule has 1 heterocycles. The molecule has 3 nitrogen and oxygen atoms in total. The number of hydrogen-bond donors (Lipinski definition) is 1. The lowest BCUT2D eigenvalue weighted by Crippen LogP contribution is -2.28. The maximum absolute atomic E-state index is 13.8. The van der Waals surface area contributed by atoms with E-state index in [-0.39, 0.29) is 5.69 Å². The van der Waals surface area contributed by atoms with E-state index in [1.54, 1.807) is 0 Å². The maximum atomic E-state index is 13.8. The van der Waals surface area contributed by atoms with Gasteiger partial charge in [-0.25, -0.2) is 8.78 Å². The second-order valence-corrected chi connectivity index (χ2v) is 5.51. The number of anilines is 1. The number of rotatable bonds is 3. The highest BCUT2D eigenvalue weighted by Crippen LogP contribution is 2.22. The van der Waals surface area contributed by atoms with E-state index in [0.29, 0.717) is 6.54 Å². The molecule has 0 saturated carbocycles. The third kappa shape index (κ3) is 2.65. The van der Waals surface area contributed by atoms with E-state index in [1.807, 2.05) is 18.4 Å². The second kappa shape index (κ2) is 5.58. The minimum Gasteiger partial charge on any atom is -0.396 e. The molecule has 2 N–H and O–H groups in total. The van der Waals surface area contributed by atoms with Crippen molar-refractivity contribution in [2.75, 3.05) is 12.8 Å². The van der Waals surface area contributed by atoms with Crippen LogP contribution in [-0.2, 0) is 6.54 Å². The van der Waals surface area contributed by atoms with Crippen LogP contribution in [0, 0.1) is 18.6 Å². The Balaban J connectivity index is 2.28. The van der Waals surface area contributed by atoms with Crippen LogP contribution in [-0.4, -0.2) is 17.9 Å². The summed E-state index contributed by atoms with van der Waals surface area (Å²) in [6.45, 7) is 2.22. The average molecular weight is 296 g/mol. The van der Waals surface area contributed by atoms with Crippen LogP contribution in [0.15, 0.2) is 23.6 Å². The maximum Gasteiger partial charge on any atom is 0.259 e. The van der Waals surface area contributed by atoms with Crippen molar-refractivity contribution in [1.29, 1.82) is 0 Å². The van der Waals surface area contributed by atoms with Crippen molar-refractivity contribution in [2.24, 2.45) is 0 Å². The molecular formula is C14H14F2N2OS. The molecule has 20 heavy (non-hydrogen) atoms. The van der Waals surface area contributed by atoms with Gasteiger partial charge in [-0.3, -0.25) is 4.79 Å². The fourth-order valence-corrected chi connectivity index (χ4v) is 2.77. The Labute approximate surface area is 119 Å². The van der Waals surface area contributed by atoms with Crippen LogP contribution in [0.1, 0.15) is 20.8 Å². The van der Waals surface area contributed by atoms with E-state index < -0.39 is 23.1 Å². The first-order valence-corrected chi connectivity index (χ1v) is 6.81. The van der Waals surface area contributed by atoms with Crippen molar-refractivity contribution in [3.05, 3.63) is 51.2 Å². The zero-order valence-corrected chi connectivity index (χ0v) is 11.9. The average Bonchev–Trinajstić information content (AvgIpc) is 2.80. The third-order valence-corrected chi connectivity index (χ3v) is 4.04. The van der Waals surface area contributed by atoms with E-state index >= 15 is 0 Å². The predicted molar refractivity (Wildman–Crippen MR) is 75.6 cm³/mol.